The maximum Gasteiger partial charge on any atom is 0.0270 e. The summed E-state index contributed by atoms with van der Waals surface area (Å²) in [5, 5.41) is 0. The predicted molar refractivity (Wildman–Crippen MR) is 138 cm³/mol. The van der Waals surface area contributed by atoms with Gasteiger partial charge in [0.2, 0.25) is 0 Å². The van der Waals surface area contributed by atoms with Crippen LogP contribution in [0.1, 0.15) is 45.9 Å². The zero-order valence-corrected chi connectivity index (χ0v) is 20.5. The van der Waals surface area contributed by atoms with E-state index < -0.39 is 0 Å². The highest BCUT2D eigenvalue weighted by Crippen LogP contribution is 2.66. The van der Waals surface area contributed by atoms with Crippen molar-refractivity contribution in [2.75, 3.05) is 0 Å². The fraction of sp³-hybridized carbons (Fsp3) is 0.154. The molecule has 0 atom stereocenters. The molecule has 5 rings (SSSR count). The zero-order chi connectivity index (χ0) is 20.5. The molecule has 0 radical (unpaired) electrons. The monoisotopic (exact) mass is 614 g/mol. The van der Waals surface area contributed by atoms with Gasteiger partial charge in [-0.05, 0) is 140 Å². The molecule has 0 bridgehead atoms. The summed E-state index contributed by atoms with van der Waals surface area (Å²) in [5.41, 5.74) is 5.53. The molecular weight excluding hydrogens is 594 g/mol. The maximum atomic E-state index is 4.27. The molecule has 2 aromatic heterocycles. The Kier molecular flexibility index (Phi) is 5.87. The van der Waals surface area contributed by atoms with Crippen LogP contribution in [0.2, 0.25) is 0 Å². The van der Waals surface area contributed by atoms with Gasteiger partial charge in [0.05, 0.1) is 0 Å². The molecule has 0 saturated heterocycles. The molecule has 1 fully saturated rings. The van der Waals surface area contributed by atoms with Gasteiger partial charge in [-0.25, -0.2) is 0 Å². The van der Waals surface area contributed by atoms with Gasteiger partial charge in [0.15, 0.2) is 0 Å². The molecule has 0 unspecified atom stereocenters. The van der Waals surface area contributed by atoms with E-state index in [1.165, 1.54) is 29.4 Å². The molecule has 0 N–H and O–H groups in total. The van der Waals surface area contributed by atoms with Gasteiger partial charge in [-0.15, -0.1) is 0 Å². The van der Waals surface area contributed by atoms with Crippen molar-refractivity contribution in [3.05, 3.63) is 127 Å². The summed E-state index contributed by atoms with van der Waals surface area (Å²) in [6.07, 6.45) is 7.69. The van der Waals surface area contributed by atoms with E-state index in [-0.39, 0.29) is 0 Å². The van der Waals surface area contributed by atoms with E-state index >= 15 is 0 Å². The Bertz CT molecular complexity index is 1010. The molecule has 1 aliphatic carbocycles. The molecule has 4 aromatic rings. The van der Waals surface area contributed by atoms with Gasteiger partial charge >= 0.3 is 0 Å². The molecule has 0 amide bonds. The molecule has 0 spiro atoms. The summed E-state index contributed by atoms with van der Waals surface area (Å²) in [7, 11) is 0. The highest BCUT2D eigenvalue weighted by Gasteiger charge is 2.52. The number of pyridine rings is 2. The third kappa shape index (κ3) is 3.80. The van der Waals surface area contributed by atoms with Crippen molar-refractivity contribution in [3.8, 4) is 0 Å². The summed E-state index contributed by atoms with van der Waals surface area (Å²) < 4.78 is 2.54. The molecule has 2 nitrogen and oxygen atoms in total. The first-order chi connectivity index (χ1) is 14.7. The summed E-state index contributed by atoms with van der Waals surface area (Å²) in [6, 6.07) is 26.9. The highest BCUT2D eigenvalue weighted by molar-refractivity contribution is 14.1. The van der Waals surface area contributed by atoms with Crippen molar-refractivity contribution in [1.82, 2.24) is 9.97 Å². The lowest BCUT2D eigenvalue weighted by Crippen LogP contribution is -2.40. The van der Waals surface area contributed by atoms with Gasteiger partial charge in [0.25, 0.3) is 0 Å². The SMILES string of the molecule is Ic1ccc(C2C(c3ccncc3)C(c3ccc(I)cc3)C2c2ccncc2)cc1. The van der Waals surface area contributed by atoms with Crippen molar-refractivity contribution < 1.29 is 0 Å². The second-order valence-corrected chi connectivity index (χ2v) is 10.3. The molecule has 1 saturated carbocycles. The van der Waals surface area contributed by atoms with Crippen LogP contribution in [-0.2, 0) is 0 Å². The molecule has 2 heterocycles. The molecule has 2 aromatic carbocycles. The molecule has 0 aliphatic heterocycles. The highest BCUT2D eigenvalue weighted by atomic mass is 127. The van der Waals surface area contributed by atoms with E-state index in [9.17, 15) is 0 Å². The summed E-state index contributed by atoms with van der Waals surface area (Å²) in [5.74, 6) is 1.64. The fourth-order valence-electron chi connectivity index (χ4n) is 4.95. The summed E-state index contributed by atoms with van der Waals surface area (Å²) in [6.45, 7) is 0. The number of aromatic nitrogens is 2. The Hall–Kier alpha value is -1.80. The number of rotatable bonds is 4. The minimum absolute atomic E-state index is 0.409. The zero-order valence-electron chi connectivity index (χ0n) is 16.2. The second kappa shape index (κ2) is 8.75. The number of benzene rings is 2. The summed E-state index contributed by atoms with van der Waals surface area (Å²) in [4.78, 5) is 8.54. The third-order valence-electron chi connectivity index (χ3n) is 6.24. The van der Waals surface area contributed by atoms with Gasteiger partial charge in [0.1, 0.15) is 0 Å². The van der Waals surface area contributed by atoms with E-state index in [2.05, 4.69) is 128 Å². The van der Waals surface area contributed by atoms with E-state index in [1.807, 2.05) is 24.8 Å². The van der Waals surface area contributed by atoms with Crippen LogP contribution in [0.4, 0.5) is 0 Å². The normalized spacial score (nSPS) is 23.0. The molecule has 1 aliphatic rings. The Balaban J connectivity index is 1.67. The smallest absolute Gasteiger partial charge is 0.0270 e. The molecule has 4 heteroatoms. The standard InChI is InChI=1S/C26H20I2N2/c27-21-5-1-17(2-6-21)23-25(19-9-13-29-14-10-19)24(18-3-7-22(28)8-4-18)26(23)20-11-15-30-16-12-20/h1-16,23-26H. The maximum absolute atomic E-state index is 4.27. The van der Waals surface area contributed by atoms with Crippen LogP contribution in [0.25, 0.3) is 0 Å². The number of hydrogen-bond donors (Lipinski definition) is 0. The lowest BCUT2D eigenvalue weighted by molar-refractivity contribution is 0.228. The largest absolute Gasteiger partial charge is 0.265 e. The molecular formula is C26H20I2N2. The first-order valence-corrected chi connectivity index (χ1v) is 12.2. The average molecular weight is 614 g/mol. The third-order valence-corrected chi connectivity index (χ3v) is 7.68. The fourth-order valence-corrected chi connectivity index (χ4v) is 5.67. The van der Waals surface area contributed by atoms with Crippen LogP contribution in [0.5, 0.6) is 0 Å². The lowest BCUT2D eigenvalue weighted by Gasteiger charge is -2.53. The first-order valence-electron chi connectivity index (χ1n) is 10.0. The van der Waals surface area contributed by atoms with Crippen LogP contribution in [-0.4, -0.2) is 9.97 Å². The van der Waals surface area contributed by atoms with Crippen LogP contribution in [0.3, 0.4) is 0 Å². The number of halogens is 2. The van der Waals surface area contributed by atoms with E-state index in [1.54, 1.807) is 0 Å². The van der Waals surface area contributed by atoms with Gasteiger partial charge in [0, 0.05) is 31.9 Å². The van der Waals surface area contributed by atoms with Crippen LogP contribution in [0.15, 0.2) is 97.6 Å². The van der Waals surface area contributed by atoms with Crippen LogP contribution < -0.4 is 0 Å². The Morgan fingerprint density at radius 1 is 0.400 bits per heavy atom. The topological polar surface area (TPSA) is 25.8 Å². The van der Waals surface area contributed by atoms with Crippen molar-refractivity contribution >= 4 is 45.2 Å². The first kappa shape index (κ1) is 20.1. The van der Waals surface area contributed by atoms with Crippen LogP contribution >= 0.6 is 45.2 Å². The summed E-state index contributed by atoms with van der Waals surface area (Å²) >= 11 is 4.77. The van der Waals surface area contributed by atoms with E-state index in [4.69, 9.17) is 0 Å². The van der Waals surface area contributed by atoms with Crippen molar-refractivity contribution in [2.24, 2.45) is 0 Å². The van der Waals surface area contributed by atoms with Crippen molar-refractivity contribution in [2.45, 2.75) is 23.7 Å². The Labute approximate surface area is 204 Å². The Morgan fingerprint density at radius 3 is 0.967 bits per heavy atom. The lowest BCUT2D eigenvalue weighted by atomic mass is 9.49. The average Bonchev–Trinajstić information content (AvgIpc) is 2.77. The Morgan fingerprint density at radius 2 is 0.667 bits per heavy atom. The van der Waals surface area contributed by atoms with Gasteiger partial charge < -0.3 is 0 Å². The van der Waals surface area contributed by atoms with Crippen LogP contribution in [0, 0.1) is 7.14 Å². The van der Waals surface area contributed by atoms with Gasteiger partial charge in [-0.2, -0.15) is 0 Å². The van der Waals surface area contributed by atoms with Gasteiger partial charge in [-0.3, -0.25) is 9.97 Å². The van der Waals surface area contributed by atoms with E-state index in [0.29, 0.717) is 23.7 Å². The predicted octanol–water partition coefficient (Wildman–Crippen LogP) is 7.13. The minimum atomic E-state index is 0.409. The number of nitrogens with zero attached hydrogens (tertiary/aromatic N) is 2. The van der Waals surface area contributed by atoms with Crippen molar-refractivity contribution in [1.29, 1.82) is 0 Å². The van der Waals surface area contributed by atoms with Crippen molar-refractivity contribution in [3.63, 3.8) is 0 Å². The molecule has 30 heavy (non-hydrogen) atoms. The number of hydrogen-bond acceptors (Lipinski definition) is 2. The molecule has 148 valence electrons. The quantitative estimate of drug-likeness (QED) is 0.229. The minimum Gasteiger partial charge on any atom is -0.265 e. The second-order valence-electron chi connectivity index (χ2n) is 7.77. The van der Waals surface area contributed by atoms with E-state index in [0.717, 1.165) is 0 Å². The van der Waals surface area contributed by atoms with Gasteiger partial charge in [-0.1, -0.05) is 24.3 Å².